The maximum Gasteiger partial charge on any atom is 0.321 e. The maximum atomic E-state index is 12.6. The third kappa shape index (κ3) is 15.1. The zero-order valence-corrected chi connectivity index (χ0v) is 27.3. The van der Waals surface area contributed by atoms with Crippen LogP contribution in [0, 0.1) is 0 Å². The lowest BCUT2D eigenvalue weighted by Crippen LogP contribution is -2.53. The molecule has 1 aliphatic rings. The average Bonchev–Trinajstić information content (AvgIpc) is 3.02. The molecule has 1 fully saturated rings. The number of methoxy groups -OCH3 is 1. The van der Waals surface area contributed by atoms with E-state index < -0.39 is 36.3 Å². The lowest BCUT2D eigenvalue weighted by molar-refractivity contribution is -0.144. The Hall–Kier alpha value is -2.89. The van der Waals surface area contributed by atoms with E-state index in [9.17, 15) is 34.8 Å². The van der Waals surface area contributed by atoms with Crippen LogP contribution in [0.25, 0.3) is 0 Å². The van der Waals surface area contributed by atoms with Gasteiger partial charge in [0.25, 0.3) is 0 Å². The first-order valence-corrected chi connectivity index (χ1v) is 15.7. The normalized spacial score (nSPS) is 18.6. The van der Waals surface area contributed by atoms with Crippen LogP contribution in [0.3, 0.4) is 0 Å². The summed E-state index contributed by atoms with van der Waals surface area (Å²) in [5.74, 6) is -2.38. The molecular weight excluding hydrogens is 604 g/mol. The highest BCUT2D eigenvalue weighted by Crippen LogP contribution is 2.17. The van der Waals surface area contributed by atoms with Crippen molar-refractivity contribution in [3.8, 4) is 5.75 Å². The summed E-state index contributed by atoms with van der Waals surface area (Å²) in [5.41, 5.74) is 0.797. The minimum atomic E-state index is -1.07. The van der Waals surface area contributed by atoms with Crippen LogP contribution in [0.1, 0.15) is 19.4 Å². The zero-order valence-electron chi connectivity index (χ0n) is 27.3. The van der Waals surface area contributed by atoms with Gasteiger partial charge in [0.1, 0.15) is 24.4 Å². The van der Waals surface area contributed by atoms with Gasteiger partial charge in [0.15, 0.2) is 6.29 Å². The number of rotatable bonds is 19. The number of nitrogens with zero attached hydrogens (tertiary/aromatic N) is 4. The Balaban J connectivity index is 2.18. The van der Waals surface area contributed by atoms with Gasteiger partial charge in [-0.05, 0) is 38.0 Å². The number of aliphatic carboxylic acids is 3. The molecule has 1 aromatic rings. The molecule has 3 atom stereocenters. The number of carbonyl (C=O) groups is 3. The highest BCUT2D eigenvalue weighted by molar-refractivity contribution is 5.74. The Morgan fingerprint density at radius 1 is 0.783 bits per heavy atom. The molecule has 1 heterocycles. The Labute approximate surface area is 271 Å². The molecule has 1 aromatic carbocycles. The van der Waals surface area contributed by atoms with Crippen molar-refractivity contribution in [3.63, 3.8) is 0 Å². The van der Waals surface area contributed by atoms with Crippen molar-refractivity contribution in [2.24, 2.45) is 0 Å². The summed E-state index contributed by atoms with van der Waals surface area (Å²) in [6.45, 7) is 8.40. The standard InChI is InChI=1S/C31H52N4O11/c1-4-44-17-18-45-19-20-46-26-7-5-25(6-8-26)21-27(31(41)42)35-15-11-32(22-28(36)37)9-13-34(24(2)30(39)40)14-10-33(12-16-35)23-29(38)43-3/h5-8,24,27,29,38H,4,9-23H2,1-3H3,(H,36,37)(H,39,40)(H,41,42). The van der Waals surface area contributed by atoms with Gasteiger partial charge in [-0.1, -0.05) is 12.1 Å². The topological polar surface area (TPSA) is 182 Å². The van der Waals surface area contributed by atoms with Gasteiger partial charge in [-0.2, -0.15) is 0 Å². The van der Waals surface area contributed by atoms with E-state index in [2.05, 4.69) is 0 Å². The minimum Gasteiger partial charge on any atom is -0.491 e. The first-order valence-electron chi connectivity index (χ1n) is 15.7. The van der Waals surface area contributed by atoms with Gasteiger partial charge < -0.3 is 39.4 Å². The summed E-state index contributed by atoms with van der Waals surface area (Å²) < 4.78 is 21.5. The smallest absolute Gasteiger partial charge is 0.321 e. The van der Waals surface area contributed by atoms with Crippen LogP contribution >= 0.6 is 0 Å². The number of carboxylic acid groups (broad SMARTS) is 3. The van der Waals surface area contributed by atoms with Crippen molar-refractivity contribution < 1.29 is 53.8 Å². The van der Waals surface area contributed by atoms with Crippen LogP contribution in [0.15, 0.2) is 24.3 Å². The SMILES string of the molecule is CCOCCOCCOc1ccc(CC(C(=O)O)N2CCN(CC(=O)O)CCN(C(C)C(=O)O)CCN(CC(O)OC)CC2)cc1. The van der Waals surface area contributed by atoms with Crippen molar-refractivity contribution in [1.29, 1.82) is 0 Å². The summed E-state index contributed by atoms with van der Waals surface area (Å²) >= 11 is 0. The largest absolute Gasteiger partial charge is 0.491 e. The molecule has 4 N–H and O–H groups in total. The molecule has 15 nitrogen and oxygen atoms in total. The quantitative estimate of drug-likeness (QED) is 0.114. The van der Waals surface area contributed by atoms with E-state index in [1.807, 2.05) is 28.9 Å². The summed E-state index contributed by atoms with van der Waals surface area (Å²) in [4.78, 5) is 43.3. The molecule has 3 unspecified atom stereocenters. The molecule has 46 heavy (non-hydrogen) atoms. The number of aliphatic hydroxyl groups excluding tert-OH is 1. The van der Waals surface area contributed by atoms with Gasteiger partial charge in [-0.15, -0.1) is 0 Å². The summed E-state index contributed by atoms with van der Waals surface area (Å²) in [5, 5.41) is 39.7. The third-order valence-electron chi connectivity index (χ3n) is 7.91. The Bertz CT molecular complexity index is 1030. The van der Waals surface area contributed by atoms with E-state index in [-0.39, 0.29) is 39.1 Å². The number of aliphatic hydroxyl groups is 1. The second-order valence-electron chi connectivity index (χ2n) is 11.1. The number of hydrogen-bond acceptors (Lipinski definition) is 12. The molecule has 2 rings (SSSR count). The molecule has 0 aromatic heterocycles. The predicted octanol–water partition coefficient (Wildman–Crippen LogP) is -0.142. The molecule has 0 spiro atoms. The Morgan fingerprint density at radius 3 is 1.89 bits per heavy atom. The van der Waals surface area contributed by atoms with Crippen LogP contribution in [0.4, 0.5) is 0 Å². The molecule has 15 heteroatoms. The molecule has 0 radical (unpaired) electrons. The lowest BCUT2D eigenvalue weighted by atomic mass is 10.0. The van der Waals surface area contributed by atoms with Gasteiger partial charge in [0.2, 0.25) is 0 Å². The van der Waals surface area contributed by atoms with Gasteiger partial charge in [0.05, 0.1) is 26.4 Å². The monoisotopic (exact) mass is 656 g/mol. The summed E-state index contributed by atoms with van der Waals surface area (Å²) in [6.07, 6.45) is -0.866. The maximum absolute atomic E-state index is 12.6. The van der Waals surface area contributed by atoms with Crippen LogP contribution in [0.5, 0.6) is 5.75 Å². The number of β-amino-alcohol motifs (C(OH)–C–C–N with tert-alkyl or cyclic N) is 1. The van der Waals surface area contributed by atoms with Gasteiger partial charge in [0, 0.05) is 72.6 Å². The third-order valence-corrected chi connectivity index (χ3v) is 7.91. The van der Waals surface area contributed by atoms with E-state index in [1.165, 1.54) is 7.11 Å². The Kier molecular flexibility index (Phi) is 18.6. The number of hydrogen-bond donors (Lipinski definition) is 4. The van der Waals surface area contributed by atoms with Crippen molar-refractivity contribution in [3.05, 3.63) is 29.8 Å². The van der Waals surface area contributed by atoms with E-state index in [4.69, 9.17) is 18.9 Å². The summed E-state index contributed by atoms with van der Waals surface area (Å²) in [6, 6.07) is 5.53. The first-order chi connectivity index (χ1) is 22.0. The zero-order chi connectivity index (χ0) is 33.9. The van der Waals surface area contributed by atoms with E-state index in [0.29, 0.717) is 71.5 Å². The van der Waals surface area contributed by atoms with Gasteiger partial charge in [-0.25, -0.2) is 0 Å². The van der Waals surface area contributed by atoms with Gasteiger partial charge in [-0.3, -0.25) is 34.0 Å². The molecule has 0 aliphatic carbocycles. The fraction of sp³-hybridized carbons (Fsp3) is 0.710. The highest BCUT2D eigenvalue weighted by atomic mass is 16.6. The number of carboxylic acids is 3. The second kappa shape index (κ2) is 21.8. The fourth-order valence-electron chi connectivity index (χ4n) is 5.11. The molecule has 0 saturated carbocycles. The molecule has 0 amide bonds. The van der Waals surface area contributed by atoms with Gasteiger partial charge >= 0.3 is 17.9 Å². The van der Waals surface area contributed by atoms with Crippen LogP contribution in [-0.2, 0) is 35.0 Å². The average molecular weight is 657 g/mol. The first kappa shape index (κ1) is 39.3. The molecule has 0 bridgehead atoms. The second-order valence-corrected chi connectivity index (χ2v) is 11.1. The number of benzene rings is 1. The van der Waals surface area contributed by atoms with Crippen molar-refractivity contribution >= 4 is 17.9 Å². The van der Waals surface area contributed by atoms with E-state index in [0.717, 1.165) is 5.56 Å². The van der Waals surface area contributed by atoms with Crippen molar-refractivity contribution in [2.45, 2.75) is 38.6 Å². The van der Waals surface area contributed by atoms with E-state index in [1.54, 1.807) is 28.9 Å². The molecule has 262 valence electrons. The molecule has 1 saturated heterocycles. The minimum absolute atomic E-state index is 0.154. The molecular formula is C31H52N4O11. The van der Waals surface area contributed by atoms with E-state index >= 15 is 0 Å². The predicted molar refractivity (Wildman–Crippen MR) is 168 cm³/mol. The van der Waals surface area contributed by atoms with Crippen molar-refractivity contribution in [1.82, 2.24) is 19.6 Å². The van der Waals surface area contributed by atoms with Crippen molar-refractivity contribution in [2.75, 3.05) is 106 Å². The Morgan fingerprint density at radius 2 is 1.35 bits per heavy atom. The summed E-state index contributed by atoms with van der Waals surface area (Å²) in [7, 11) is 1.39. The fourth-order valence-corrected chi connectivity index (χ4v) is 5.11. The van der Waals surface area contributed by atoms with Crippen LogP contribution in [0.2, 0.25) is 0 Å². The molecule has 1 aliphatic heterocycles. The lowest BCUT2D eigenvalue weighted by Gasteiger charge is -2.37. The highest BCUT2D eigenvalue weighted by Gasteiger charge is 2.29. The van der Waals surface area contributed by atoms with Crippen LogP contribution < -0.4 is 4.74 Å². The van der Waals surface area contributed by atoms with Crippen LogP contribution in [-0.4, -0.2) is 182 Å². The number of ether oxygens (including phenoxy) is 4.